The number of aliphatic imine (C=N–C) groups is 1. The quantitative estimate of drug-likeness (QED) is 0.397. The number of amidine groups is 1. The van der Waals surface area contributed by atoms with Crippen molar-refractivity contribution in [1.82, 2.24) is 4.90 Å². The summed E-state index contributed by atoms with van der Waals surface area (Å²) in [7, 11) is 1.64. The molecule has 0 bridgehead atoms. The van der Waals surface area contributed by atoms with Crippen LogP contribution in [0.2, 0.25) is 0 Å². The third-order valence-corrected chi connectivity index (χ3v) is 6.81. The summed E-state index contributed by atoms with van der Waals surface area (Å²) >= 11 is 6.47. The van der Waals surface area contributed by atoms with Gasteiger partial charge in [0.2, 0.25) is 0 Å². The first-order valence-corrected chi connectivity index (χ1v) is 11.3. The maximum absolute atomic E-state index is 13.2. The van der Waals surface area contributed by atoms with E-state index in [2.05, 4.69) is 15.9 Å². The maximum Gasteiger partial charge on any atom is 0.267 e. The molecule has 0 atom stereocenters. The normalized spacial score (nSPS) is 16.8. The van der Waals surface area contributed by atoms with Crippen LogP contribution in [-0.4, -0.2) is 23.1 Å². The highest BCUT2D eigenvalue weighted by molar-refractivity contribution is 9.11. The molecule has 29 heavy (non-hydrogen) atoms. The summed E-state index contributed by atoms with van der Waals surface area (Å²) in [5.41, 5.74) is 1.84. The molecule has 0 N–H and O–H groups in total. The predicted octanol–water partition coefficient (Wildman–Crippen LogP) is 6.32. The van der Waals surface area contributed by atoms with Gasteiger partial charge in [-0.15, -0.1) is 11.3 Å². The Kier molecular flexibility index (Phi) is 6.18. The van der Waals surface area contributed by atoms with Gasteiger partial charge in [-0.2, -0.15) is 0 Å². The number of thiophene rings is 1. The molecule has 0 radical (unpaired) electrons. The van der Waals surface area contributed by atoms with Crippen LogP contribution in [-0.2, 0) is 11.3 Å². The number of ether oxygens (including phenoxy) is 1. The monoisotopic (exact) mass is 484 g/mol. The van der Waals surface area contributed by atoms with Crippen LogP contribution >= 0.6 is 39.0 Å². The number of amides is 1. The van der Waals surface area contributed by atoms with Gasteiger partial charge in [-0.05, 0) is 75.7 Å². The van der Waals surface area contributed by atoms with Crippen molar-refractivity contribution in [3.8, 4) is 5.75 Å². The number of methoxy groups -OCH3 is 1. The van der Waals surface area contributed by atoms with E-state index in [1.165, 1.54) is 11.8 Å². The van der Waals surface area contributed by atoms with Crippen LogP contribution in [0.5, 0.6) is 5.75 Å². The molecule has 2 heterocycles. The zero-order valence-corrected chi connectivity index (χ0v) is 18.8. The van der Waals surface area contributed by atoms with Gasteiger partial charge >= 0.3 is 0 Å². The van der Waals surface area contributed by atoms with E-state index in [0.29, 0.717) is 16.6 Å². The lowest BCUT2D eigenvalue weighted by Crippen LogP contribution is -2.28. The summed E-state index contributed by atoms with van der Waals surface area (Å²) in [6.07, 6.45) is 1.93. The summed E-state index contributed by atoms with van der Waals surface area (Å²) in [6.45, 7) is 0.451. The number of carbonyl (C=O) groups excluding carboxylic acids is 1. The Hall–Kier alpha value is -2.35. The number of halogens is 1. The fraction of sp³-hybridized carbons (Fsp3) is 0.0909. The number of hydrogen-bond donors (Lipinski definition) is 0. The van der Waals surface area contributed by atoms with E-state index in [0.717, 1.165) is 25.7 Å². The van der Waals surface area contributed by atoms with E-state index >= 15 is 0 Å². The zero-order valence-electron chi connectivity index (χ0n) is 15.5. The van der Waals surface area contributed by atoms with Gasteiger partial charge < -0.3 is 4.74 Å². The van der Waals surface area contributed by atoms with Crippen molar-refractivity contribution in [2.75, 3.05) is 7.11 Å². The first kappa shape index (κ1) is 19.9. The van der Waals surface area contributed by atoms with Gasteiger partial charge in [0.05, 0.1) is 28.0 Å². The molecule has 4 rings (SSSR count). The van der Waals surface area contributed by atoms with Crippen LogP contribution in [0, 0.1) is 0 Å². The maximum atomic E-state index is 13.2. The molecule has 1 amide bonds. The lowest BCUT2D eigenvalue weighted by Gasteiger charge is -2.16. The minimum atomic E-state index is -0.0370. The van der Waals surface area contributed by atoms with E-state index in [1.807, 2.05) is 72.8 Å². The third kappa shape index (κ3) is 4.80. The highest BCUT2D eigenvalue weighted by Gasteiger charge is 2.33. The molecule has 1 aliphatic heterocycles. The van der Waals surface area contributed by atoms with Gasteiger partial charge in [0.15, 0.2) is 5.17 Å². The molecule has 1 fully saturated rings. The molecule has 7 heteroatoms. The molecule has 146 valence electrons. The van der Waals surface area contributed by atoms with Crippen molar-refractivity contribution in [2.45, 2.75) is 6.54 Å². The van der Waals surface area contributed by atoms with Crippen LogP contribution in [0.25, 0.3) is 6.08 Å². The molecular weight excluding hydrogens is 468 g/mol. The molecule has 1 aromatic heterocycles. The standard InChI is InChI=1S/C22H17BrN2O2S2/c1-27-17-9-7-15(8-10-17)14-25-21(26)19(13-18-11-12-20(23)28-18)29-22(25)24-16-5-3-2-4-6-16/h2-13H,14H2,1H3/b19-13+,24-22?. The minimum Gasteiger partial charge on any atom is -0.497 e. The van der Waals surface area contributed by atoms with E-state index in [-0.39, 0.29) is 5.91 Å². The zero-order chi connectivity index (χ0) is 20.2. The summed E-state index contributed by atoms with van der Waals surface area (Å²) in [6, 6.07) is 21.4. The lowest BCUT2D eigenvalue weighted by atomic mass is 10.2. The van der Waals surface area contributed by atoms with Gasteiger partial charge in [-0.1, -0.05) is 30.3 Å². The molecule has 0 spiro atoms. The molecule has 0 unspecified atom stereocenters. The van der Waals surface area contributed by atoms with Crippen molar-refractivity contribution in [1.29, 1.82) is 0 Å². The number of nitrogens with zero attached hydrogens (tertiary/aromatic N) is 2. The van der Waals surface area contributed by atoms with Crippen LogP contribution in [0.4, 0.5) is 5.69 Å². The number of carbonyl (C=O) groups is 1. The van der Waals surface area contributed by atoms with Crippen molar-refractivity contribution >= 4 is 61.9 Å². The molecule has 2 aromatic carbocycles. The molecular formula is C22H17BrN2O2S2. The Morgan fingerprint density at radius 1 is 1.07 bits per heavy atom. The van der Waals surface area contributed by atoms with Gasteiger partial charge in [-0.25, -0.2) is 4.99 Å². The van der Waals surface area contributed by atoms with Crippen LogP contribution in [0.15, 0.2) is 80.4 Å². The van der Waals surface area contributed by atoms with Crippen molar-refractivity contribution in [3.63, 3.8) is 0 Å². The van der Waals surface area contributed by atoms with Crippen LogP contribution in [0.3, 0.4) is 0 Å². The highest BCUT2D eigenvalue weighted by Crippen LogP contribution is 2.36. The average molecular weight is 485 g/mol. The van der Waals surface area contributed by atoms with E-state index < -0.39 is 0 Å². The van der Waals surface area contributed by atoms with Crippen molar-refractivity contribution < 1.29 is 9.53 Å². The van der Waals surface area contributed by atoms with Gasteiger partial charge in [0, 0.05) is 4.88 Å². The Labute approximate surface area is 186 Å². The largest absolute Gasteiger partial charge is 0.497 e. The van der Waals surface area contributed by atoms with E-state index in [4.69, 9.17) is 9.73 Å². The Morgan fingerprint density at radius 2 is 1.83 bits per heavy atom. The first-order valence-electron chi connectivity index (χ1n) is 8.86. The molecule has 0 aliphatic carbocycles. The number of para-hydroxylation sites is 1. The summed E-state index contributed by atoms with van der Waals surface area (Å²) in [5.74, 6) is 0.753. The Balaban J connectivity index is 1.66. The van der Waals surface area contributed by atoms with E-state index in [1.54, 1.807) is 23.3 Å². The number of benzene rings is 2. The second kappa shape index (κ2) is 8.98. The molecule has 4 nitrogen and oxygen atoms in total. The van der Waals surface area contributed by atoms with Crippen LogP contribution in [0.1, 0.15) is 10.4 Å². The van der Waals surface area contributed by atoms with Crippen molar-refractivity contribution in [2.24, 2.45) is 4.99 Å². The fourth-order valence-electron chi connectivity index (χ4n) is 2.79. The van der Waals surface area contributed by atoms with Gasteiger partial charge in [0.1, 0.15) is 5.75 Å². The smallest absolute Gasteiger partial charge is 0.267 e. The second-order valence-electron chi connectivity index (χ2n) is 6.22. The number of hydrogen-bond acceptors (Lipinski definition) is 5. The highest BCUT2D eigenvalue weighted by atomic mass is 79.9. The minimum absolute atomic E-state index is 0.0370. The first-order chi connectivity index (χ1) is 14.1. The third-order valence-electron chi connectivity index (χ3n) is 4.24. The van der Waals surface area contributed by atoms with Crippen molar-refractivity contribution in [3.05, 3.63) is 85.9 Å². The van der Waals surface area contributed by atoms with Gasteiger partial charge in [-0.3, -0.25) is 9.69 Å². The Morgan fingerprint density at radius 3 is 2.48 bits per heavy atom. The van der Waals surface area contributed by atoms with Gasteiger partial charge in [0.25, 0.3) is 5.91 Å². The molecule has 0 saturated carbocycles. The second-order valence-corrected chi connectivity index (χ2v) is 9.73. The van der Waals surface area contributed by atoms with E-state index in [9.17, 15) is 4.79 Å². The summed E-state index contributed by atoms with van der Waals surface area (Å²) in [5, 5.41) is 0.680. The fourth-order valence-corrected chi connectivity index (χ4v) is 5.22. The predicted molar refractivity (Wildman–Crippen MR) is 125 cm³/mol. The lowest BCUT2D eigenvalue weighted by molar-refractivity contribution is -0.122. The average Bonchev–Trinajstić information content (AvgIpc) is 3.27. The summed E-state index contributed by atoms with van der Waals surface area (Å²) < 4.78 is 6.26. The number of rotatable bonds is 5. The number of thioether (sulfide) groups is 1. The molecule has 3 aromatic rings. The molecule has 1 saturated heterocycles. The topological polar surface area (TPSA) is 41.9 Å². The summed E-state index contributed by atoms with van der Waals surface area (Å²) in [4.78, 5) is 21.3. The van der Waals surface area contributed by atoms with Crippen LogP contribution < -0.4 is 4.74 Å². The SMILES string of the molecule is COc1ccc(CN2C(=O)/C(=C\c3ccc(Br)s3)SC2=Nc2ccccc2)cc1. The Bertz CT molecular complexity index is 1080. The molecule has 1 aliphatic rings.